The first kappa shape index (κ1) is 13.1. The molecule has 0 fully saturated rings. The average Bonchev–Trinajstić information content (AvgIpc) is 2.34. The molecule has 90 valence electrons. The number of rotatable bonds is 7. The van der Waals surface area contributed by atoms with E-state index in [1.54, 1.807) is 7.11 Å². The minimum Gasteiger partial charge on any atom is -0.383 e. The van der Waals surface area contributed by atoms with Crippen molar-refractivity contribution in [3.8, 4) is 0 Å². The molecule has 0 bridgehead atoms. The van der Waals surface area contributed by atoms with Crippen molar-refractivity contribution in [2.45, 2.75) is 20.0 Å². The number of hydrogen-bond acceptors (Lipinski definition) is 4. The second-order valence-electron chi connectivity index (χ2n) is 3.69. The van der Waals surface area contributed by atoms with E-state index in [-0.39, 0.29) is 0 Å². The normalized spacial score (nSPS) is 11.0. The largest absolute Gasteiger partial charge is 0.383 e. The molecule has 0 saturated carbocycles. The Hall–Kier alpha value is -0.970. The first-order chi connectivity index (χ1) is 7.80. The van der Waals surface area contributed by atoms with Gasteiger partial charge in [0.15, 0.2) is 0 Å². The van der Waals surface area contributed by atoms with Gasteiger partial charge in [-0.15, -0.1) is 0 Å². The van der Waals surface area contributed by atoms with Crippen LogP contribution in [0.25, 0.3) is 0 Å². The van der Waals surface area contributed by atoms with E-state index < -0.39 is 0 Å². The smallest absolute Gasteiger partial charge is 0.0589 e. The molecule has 0 radical (unpaired) electrons. The van der Waals surface area contributed by atoms with Crippen LogP contribution in [-0.4, -0.2) is 36.7 Å². The highest BCUT2D eigenvalue weighted by Gasteiger charge is 2.04. The predicted molar refractivity (Wildman–Crippen MR) is 65.0 cm³/mol. The standard InChI is InChI=1S/C12H21N3O/c1-3-15(7-8-16-2)10-12-6-4-5-11(9-13)14-12/h4-6H,3,7-10,13H2,1-2H3. The van der Waals surface area contributed by atoms with Crippen LogP contribution in [0.15, 0.2) is 18.2 Å². The molecule has 0 aromatic carbocycles. The lowest BCUT2D eigenvalue weighted by Crippen LogP contribution is -2.27. The highest BCUT2D eigenvalue weighted by Crippen LogP contribution is 2.03. The molecule has 1 aromatic rings. The van der Waals surface area contributed by atoms with Crippen LogP contribution in [0.2, 0.25) is 0 Å². The van der Waals surface area contributed by atoms with Gasteiger partial charge in [-0.3, -0.25) is 9.88 Å². The van der Waals surface area contributed by atoms with E-state index in [0.717, 1.165) is 37.6 Å². The third kappa shape index (κ3) is 4.26. The first-order valence-corrected chi connectivity index (χ1v) is 5.66. The molecular formula is C12H21N3O. The molecule has 16 heavy (non-hydrogen) atoms. The molecule has 0 aliphatic carbocycles. The summed E-state index contributed by atoms with van der Waals surface area (Å²) in [4.78, 5) is 6.78. The highest BCUT2D eigenvalue weighted by molar-refractivity contribution is 5.10. The molecule has 2 N–H and O–H groups in total. The van der Waals surface area contributed by atoms with Crippen LogP contribution in [0.3, 0.4) is 0 Å². The van der Waals surface area contributed by atoms with Gasteiger partial charge < -0.3 is 10.5 Å². The average molecular weight is 223 g/mol. The second-order valence-corrected chi connectivity index (χ2v) is 3.69. The minimum absolute atomic E-state index is 0.498. The first-order valence-electron chi connectivity index (χ1n) is 5.66. The van der Waals surface area contributed by atoms with Crippen LogP contribution >= 0.6 is 0 Å². The van der Waals surface area contributed by atoms with E-state index in [1.165, 1.54) is 0 Å². The fourth-order valence-corrected chi connectivity index (χ4v) is 1.53. The van der Waals surface area contributed by atoms with Gasteiger partial charge in [-0.25, -0.2) is 0 Å². The molecule has 0 unspecified atom stereocenters. The summed E-state index contributed by atoms with van der Waals surface area (Å²) in [6.07, 6.45) is 0. The van der Waals surface area contributed by atoms with Crippen LogP contribution < -0.4 is 5.73 Å². The van der Waals surface area contributed by atoms with Crippen molar-refractivity contribution in [3.63, 3.8) is 0 Å². The van der Waals surface area contributed by atoms with Crippen molar-refractivity contribution in [2.24, 2.45) is 5.73 Å². The maximum Gasteiger partial charge on any atom is 0.0589 e. The van der Waals surface area contributed by atoms with E-state index in [9.17, 15) is 0 Å². The van der Waals surface area contributed by atoms with Gasteiger partial charge in [-0.1, -0.05) is 13.0 Å². The molecule has 0 spiro atoms. The zero-order valence-corrected chi connectivity index (χ0v) is 10.1. The Kier molecular flexibility index (Phi) is 6.00. The van der Waals surface area contributed by atoms with E-state index >= 15 is 0 Å². The van der Waals surface area contributed by atoms with Gasteiger partial charge in [-0.2, -0.15) is 0 Å². The lowest BCUT2D eigenvalue weighted by molar-refractivity contribution is 0.146. The number of aromatic nitrogens is 1. The number of ether oxygens (including phenoxy) is 1. The van der Waals surface area contributed by atoms with Crippen molar-refractivity contribution in [1.29, 1.82) is 0 Å². The minimum atomic E-state index is 0.498. The summed E-state index contributed by atoms with van der Waals surface area (Å²) in [6, 6.07) is 6.00. The molecule has 4 nitrogen and oxygen atoms in total. The van der Waals surface area contributed by atoms with Crippen LogP contribution in [0.5, 0.6) is 0 Å². The third-order valence-electron chi connectivity index (χ3n) is 2.52. The van der Waals surface area contributed by atoms with Crippen molar-refractivity contribution in [2.75, 3.05) is 26.8 Å². The summed E-state index contributed by atoms with van der Waals surface area (Å²) in [6.45, 7) is 6.18. The Balaban J connectivity index is 2.55. The highest BCUT2D eigenvalue weighted by atomic mass is 16.5. The molecule has 0 amide bonds. The molecule has 0 atom stereocenters. The van der Waals surface area contributed by atoms with Gasteiger partial charge >= 0.3 is 0 Å². The van der Waals surface area contributed by atoms with Crippen molar-refractivity contribution in [3.05, 3.63) is 29.6 Å². The van der Waals surface area contributed by atoms with Crippen LogP contribution in [0.4, 0.5) is 0 Å². The lowest BCUT2D eigenvalue weighted by Gasteiger charge is -2.19. The summed E-state index contributed by atoms with van der Waals surface area (Å²) in [5, 5.41) is 0. The van der Waals surface area contributed by atoms with Gasteiger partial charge in [0, 0.05) is 26.7 Å². The fraction of sp³-hybridized carbons (Fsp3) is 0.583. The number of methoxy groups -OCH3 is 1. The van der Waals surface area contributed by atoms with Crippen LogP contribution in [-0.2, 0) is 17.8 Å². The van der Waals surface area contributed by atoms with Crippen molar-refractivity contribution in [1.82, 2.24) is 9.88 Å². The zero-order valence-electron chi connectivity index (χ0n) is 10.1. The zero-order chi connectivity index (χ0) is 11.8. The SMILES string of the molecule is CCN(CCOC)Cc1cccc(CN)n1. The Morgan fingerprint density at radius 3 is 2.75 bits per heavy atom. The third-order valence-corrected chi connectivity index (χ3v) is 2.52. The van der Waals surface area contributed by atoms with Gasteiger partial charge in [0.25, 0.3) is 0 Å². The molecule has 1 rings (SSSR count). The molecule has 4 heteroatoms. The maximum atomic E-state index is 5.57. The Morgan fingerprint density at radius 2 is 2.12 bits per heavy atom. The van der Waals surface area contributed by atoms with E-state index in [2.05, 4.69) is 16.8 Å². The number of hydrogen-bond donors (Lipinski definition) is 1. The lowest BCUT2D eigenvalue weighted by atomic mass is 10.3. The fourth-order valence-electron chi connectivity index (χ4n) is 1.53. The number of likely N-dealkylation sites (N-methyl/N-ethyl adjacent to an activating group) is 1. The summed E-state index contributed by atoms with van der Waals surface area (Å²) < 4.78 is 5.07. The molecular weight excluding hydrogens is 202 g/mol. The molecule has 0 aliphatic rings. The monoisotopic (exact) mass is 223 g/mol. The number of pyridine rings is 1. The van der Waals surface area contributed by atoms with Crippen LogP contribution in [0.1, 0.15) is 18.3 Å². The summed E-state index contributed by atoms with van der Waals surface area (Å²) in [5.74, 6) is 0. The van der Waals surface area contributed by atoms with E-state index in [1.807, 2.05) is 18.2 Å². The number of nitrogens with two attached hydrogens (primary N) is 1. The van der Waals surface area contributed by atoms with Crippen molar-refractivity contribution >= 4 is 0 Å². The topological polar surface area (TPSA) is 51.4 Å². The Morgan fingerprint density at radius 1 is 1.38 bits per heavy atom. The molecule has 1 aromatic heterocycles. The second kappa shape index (κ2) is 7.33. The van der Waals surface area contributed by atoms with Gasteiger partial charge in [0.1, 0.15) is 0 Å². The van der Waals surface area contributed by atoms with Gasteiger partial charge in [0.2, 0.25) is 0 Å². The summed E-state index contributed by atoms with van der Waals surface area (Å²) >= 11 is 0. The Bertz CT molecular complexity index is 304. The summed E-state index contributed by atoms with van der Waals surface area (Å²) in [7, 11) is 1.72. The van der Waals surface area contributed by atoms with Crippen LogP contribution in [0, 0.1) is 0 Å². The van der Waals surface area contributed by atoms with Crippen molar-refractivity contribution < 1.29 is 4.74 Å². The van der Waals surface area contributed by atoms with E-state index in [4.69, 9.17) is 10.5 Å². The number of nitrogens with zero attached hydrogens (tertiary/aromatic N) is 2. The van der Waals surface area contributed by atoms with Gasteiger partial charge in [-0.05, 0) is 18.7 Å². The molecule has 0 saturated heterocycles. The van der Waals surface area contributed by atoms with Gasteiger partial charge in [0.05, 0.1) is 18.0 Å². The quantitative estimate of drug-likeness (QED) is 0.749. The summed E-state index contributed by atoms with van der Waals surface area (Å²) in [5.41, 5.74) is 7.58. The Labute approximate surface area is 97.4 Å². The predicted octanol–water partition coefficient (Wildman–Crippen LogP) is 1.01. The maximum absolute atomic E-state index is 5.57. The molecule has 0 aliphatic heterocycles. The van der Waals surface area contributed by atoms with E-state index in [0.29, 0.717) is 6.54 Å². The molecule has 1 heterocycles.